The molecule has 0 aliphatic carbocycles. The van der Waals surface area contributed by atoms with Crippen molar-refractivity contribution in [1.82, 2.24) is 0 Å². The van der Waals surface area contributed by atoms with Gasteiger partial charge in [0.2, 0.25) is 0 Å². The monoisotopic (exact) mass is 480 g/mol. The first kappa shape index (κ1) is 10.4. The van der Waals surface area contributed by atoms with Crippen molar-refractivity contribution in [3.8, 4) is 0 Å². The summed E-state index contributed by atoms with van der Waals surface area (Å²) in [6.07, 6.45) is 0. The summed E-state index contributed by atoms with van der Waals surface area (Å²) in [7, 11) is 0. The van der Waals surface area contributed by atoms with E-state index < -0.39 is 0 Å². The third-order valence-corrected chi connectivity index (χ3v) is 0. The summed E-state index contributed by atoms with van der Waals surface area (Å²) in [6.45, 7) is 0. The van der Waals surface area contributed by atoms with Gasteiger partial charge in [0.05, 0.1) is 0 Å². The Balaban J connectivity index is 0. The molecule has 0 saturated carbocycles. The predicted molar refractivity (Wildman–Crippen MR) is 35.2 cm³/mol. The summed E-state index contributed by atoms with van der Waals surface area (Å²) in [4.78, 5) is 0. The zero-order valence-electron chi connectivity index (χ0n) is 1.46. The van der Waals surface area contributed by atoms with Crippen LogP contribution >= 0.6 is 35.3 Å². The van der Waals surface area contributed by atoms with Gasteiger partial charge in [-0.25, -0.2) is 0 Å². The number of halogens is 2. The van der Waals surface area contributed by atoms with Crippen LogP contribution in [0.3, 0.4) is 0 Å². The van der Waals surface area contributed by atoms with E-state index in [0.29, 0.717) is 0 Å². The van der Waals surface area contributed by atoms with Gasteiger partial charge in [0.15, 0.2) is 0 Å². The summed E-state index contributed by atoms with van der Waals surface area (Å²) in [5.41, 5.74) is 0. The molecular formula is HHgI2Na. The second kappa shape index (κ2) is 9.64. The van der Waals surface area contributed by atoms with Gasteiger partial charge in [0, 0.05) is 0 Å². The third kappa shape index (κ3) is 9.04. The summed E-state index contributed by atoms with van der Waals surface area (Å²) in [5.74, 6) is 0. The van der Waals surface area contributed by atoms with Gasteiger partial charge in [-0.3, -0.25) is 0 Å². The average Bonchev–Trinajstić information content (AvgIpc) is 0.918. The fourth-order valence-corrected chi connectivity index (χ4v) is 0. The molecule has 0 bridgehead atoms. The van der Waals surface area contributed by atoms with Gasteiger partial charge in [-0.2, -0.15) is 0 Å². The number of hydrogen-bond donors (Lipinski definition) is 0. The standard InChI is InChI=1S/Hg.2HI.Na.H/h;2*1H;;/q+2;;;;/p-2. The van der Waals surface area contributed by atoms with Gasteiger partial charge >= 0.3 is 80.8 Å². The SMILES string of the molecule is [I][Hg][I].[NaH]. The molecule has 0 nitrogen and oxygen atoms in total. The van der Waals surface area contributed by atoms with Crippen LogP contribution in [0.25, 0.3) is 0 Å². The molecule has 0 aromatic carbocycles. The first-order valence-electron chi connectivity index (χ1n) is 0.535. The van der Waals surface area contributed by atoms with Gasteiger partial charge in [-0.1, -0.05) is 0 Å². The maximum absolute atomic E-state index is 2.50. The van der Waals surface area contributed by atoms with Crippen LogP contribution in [0.2, 0.25) is 0 Å². The molecule has 0 radical (unpaired) electrons. The molecule has 0 atom stereocenters. The summed E-state index contributed by atoms with van der Waals surface area (Å²) in [5, 5.41) is 0. The molecule has 0 N–H and O–H groups in total. The molecule has 0 unspecified atom stereocenters. The number of hydrogen-bond acceptors (Lipinski definition) is 0. The fourth-order valence-electron chi connectivity index (χ4n) is 0. The minimum atomic E-state index is -0.143. The van der Waals surface area contributed by atoms with Crippen molar-refractivity contribution in [1.29, 1.82) is 0 Å². The van der Waals surface area contributed by atoms with Crippen LogP contribution < -0.4 is 0 Å². The van der Waals surface area contributed by atoms with E-state index in [-0.39, 0.29) is 45.5 Å². The van der Waals surface area contributed by atoms with E-state index in [9.17, 15) is 0 Å². The Morgan fingerprint density at radius 2 is 1.25 bits per heavy atom. The minimum absolute atomic E-state index is 0. The molecule has 0 aromatic heterocycles. The second-order valence-electron chi connectivity index (χ2n) is 0.101. The van der Waals surface area contributed by atoms with Crippen LogP contribution in [0.1, 0.15) is 0 Å². The van der Waals surface area contributed by atoms with Gasteiger partial charge < -0.3 is 0 Å². The van der Waals surface area contributed by atoms with Crippen LogP contribution in [0.15, 0.2) is 0 Å². The van der Waals surface area contributed by atoms with Crippen molar-refractivity contribution in [2.75, 3.05) is 0 Å². The molecule has 0 rings (SSSR count). The van der Waals surface area contributed by atoms with E-state index in [4.69, 9.17) is 0 Å². The van der Waals surface area contributed by atoms with Gasteiger partial charge in [-0.15, -0.1) is 0 Å². The predicted octanol–water partition coefficient (Wildman–Crippen LogP) is 1.12. The normalized spacial score (nSPS) is 2.50. The van der Waals surface area contributed by atoms with Crippen LogP contribution in [-0.2, 0) is 15.9 Å². The molecule has 0 heterocycles. The summed E-state index contributed by atoms with van der Waals surface area (Å²) < 4.78 is 0. The van der Waals surface area contributed by atoms with Crippen molar-refractivity contribution in [2.24, 2.45) is 0 Å². The van der Waals surface area contributed by atoms with Crippen molar-refractivity contribution >= 4 is 64.9 Å². The maximum atomic E-state index is 2.50. The van der Waals surface area contributed by atoms with E-state index in [1.165, 1.54) is 0 Å². The van der Waals surface area contributed by atoms with Crippen LogP contribution in [0, 0.1) is 0 Å². The Morgan fingerprint density at radius 3 is 1.25 bits per heavy atom. The second-order valence-corrected chi connectivity index (χ2v) is 39.9. The van der Waals surface area contributed by atoms with Crippen molar-refractivity contribution < 1.29 is 15.9 Å². The molecule has 0 aromatic rings. The van der Waals surface area contributed by atoms with Gasteiger partial charge in [0.1, 0.15) is 0 Å². The zero-order chi connectivity index (χ0) is 2.71. The van der Waals surface area contributed by atoms with Crippen molar-refractivity contribution in [3.63, 3.8) is 0 Å². The fraction of sp³-hybridized carbons (Fsp3) is 0. The molecular weight excluding hydrogens is 477 g/mol. The molecule has 0 fully saturated rings. The average molecular weight is 478 g/mol. The van der Waals surface area contributed by atoms with Crippen LogP contribution in [0.4, 0.5) is 0 Å². The molecule has 0 saturated heterocycles. The molecule has 0 amide bonds. The molecule has 18 valence electrons. The van der Waals surface area contributed by atoms with E-state index in [2.05, 4.69) is 35.3 Å². The van der Waals surface area contributed by atoms with Crippen molar-refractivity contribution in [2.45, 2.75) is 0 Å². The van der Waals surface area contributed by atoms with E-state index in [1.54, 1.807) is 0 Å². The van der Waals surface area contributed by atoms with Gasteiger partial charge in [-0.05, 0) is 0 Å². The Kier molecular flexibility index (Phi) is 25.0. The zero-order valence-corrected chi connectivity index (χ0v) is 11.3. The molecule has 4 heavy (non-hydrogen) atoms. The van der Waals surface area contributed by atoms with Crippen molar-refractivity contribution in [3.05, 3.63) is 0 Å². The van der Waals surface area contributed by atoms with E-state index in [0.717, 1.165) is 0 Å². The van der Waals surface area contributed by atoms with Crippen LogP contribution in [-0.4, -0.2) is 29.6 Å². The quantitative estimate of drug-likeness (QED) is 0.362. The number of rotatable bonds is 0. The molecule has 0 spiro atoms. The van der Waals surface area contributed by atoms with Crippen LogP contribution in [0.5, 0.6) is 0 Å². The Labute approximate surface area is 78.3 Å². The summed E-state index contributed by atoms with van der Waals surface area (Å²) in [6, 6.07) is 0. The Bertz CT molecular complexity index is 6.00. The first-order chi connectivity index (χ1) is 1.41. The third-order valence-electron chi connectivity index (χ3n) is 0. The first-order valence-corrected chi connectivity index (χ1v) is 31.5. The molecule has 0 aliphatic rings. The van der Waals surface area contributed by atoms with Gasteiger partial charge in [0.25, 0.3) is 0 Å². The summed E-state index contributed by atoms with van der Waals surface area (Å²) >= 11 is 4.85. The Morgan fingerprint density at radius 1 is 1.25 bits per heavy atom. The Hall–Kier alpha value is 3.40. The molecule has 0 aliphatic heterocycles. The topological polar surface area (TPSA) is 0 Å². The molecule has 4 heteroatoms. The van der Waals surface area contributed by atoms with E-state index in [1.807, 2.05) is 0 Å². The van der Waals surface area contributed by atoms with E-state index >= 15 is 0 Å².